The standard InChI is InChI=1S/C28H30N2O4/c1-18-9-27-28(34-17-33-27)12-20(18)7-8-25-24-11-22(15-31)26(13-21(24)10-23(14-29)30-25)32-16-19-5-3-2-4-6-19/h2-9,11-13,23,25,30-31H,10,14-17,29H2,1H3/b8-7+. The van der Waals surface area contributed by atoms with Crippen molar-refractivity contribution in [3.05, 3.63) is 94.1 Å². The highest BCUT2D eigenvalue weighted by Crippen LogP contribution is 2.36. The SMILES string of the molecule is Cc1cc2c(cc1/C=C/C1NC(CN)Cc3cc(OCc4ccccc4)c(CO)cc31)OCO2. The second kappa shape index (κ2) is 9.89. The van der Waals surface area contributed by atoms with Gasteiger partial charge in [-0.2, -0.15) is 0 Å². The van der Waals surface area contributed by atoms with Crippen LogP contribution in [0.25, 0.3) is 6.08 Å². The number of hydrogen-bond donors (Lipinski definition) is 3. The van der Waals surface area contributed by atoms with Gasteiger partial charge in [-0.1, -0.05) is 42.5 Å². The molecule has 0 saturated carbocycles. The average Bonchev–Trinajstić information content (AvgIpc) is 3.32. The maximum atomic E-state index is 10.1. The molecule has 3 aromatic rings. The molecule has 0 radical (unpaired) electrons. The number of ether oxygens (including phenoxy) is 3. The van der Waals surface area contributed by atoms with Gasteiger partial charge in [0.15, 0.2) is 11.5 Å². The fraction of sp³-hybridized carbons (Fsp3) is 0.286. The van der Waals surface area contributed by atoms with Crippen molar-refractivity contribution in [1.82, 2.24) is 5.32 Å². The molecule has 176 valence electrons. The molecule has 0 aromatic heterocycles. The molecule has 0 bridgehead atoms. The number of fused-ring (bicyclic) bond motifs is 2. The Balaban J connectivity index is 1.43. The Labute approximate surface area is 200 Å². The van der Waals surface area contributed by atoms with Gasteiger partial charge in [0.2, 0.25) is 6.79 Å². The predicted molar refractivity (Wildman–Crippen MR) is 132 cm³/mol. The van der Waals surface area contributed by atoms with E-state index in [1.54, 1.807) is 0 Å². The van der Waals surface area contributed by atoms with E-state index in [1.807, 2.05) is 42.5 Å². The lowest BCUT2D eigenvalue weighted by molar-refractivity contribution is 0.174. The van der Waals surface area contributed by atoms with Crippen LogP contribution in [0.1, 0.15) is 39.4 Å². The first kappa shape index (κ1) is 22.5. The van der Waals surface area contributed by atoms with E-state index < -0.39 is 0 Å². The Bertz CT molecular complexity index is 1190. The zero-order valence-electron chi connectivity index (χ0n) is 19.3. The van der Waals surface area contributed by atoms with Crippen molar-refractivity contribution >= 4 is 6.08 Å². The fourth-order valence-corrected chi connectivity index (χ4v) is 4.56. The number of rotatable bonds is 7. The quantitative estimate of drug-likeness (QED) is 0.496. The predicted octanol–water partition coefficient (Wildman–Crippen LogP) is 4.02. The Morgan fingerprint density at radius 3 is 2.68 bits per heavy atom. The van der Waals surface area contributed by atoms with Gasteiger partial charge in [-0.05, 0) is 65.4 Å². The average molecular weight is 459 g/mol. The normalized spacial score (nSPS) is 18.8. The molecule has 34 heavy (non-hydrogen) atoms. The zero-order chi connectivity index (χ0) is 23.5. The summed E-state index contributed by atoms with van der Waals surface area (Å²) in [6, 6.07) is 18.3. The van der Waals surface area contributed by atoms with Gasteiger partial charge in [0.05, 0.1) is 12.6 Å². The number of aryl methyl sites for hydroxylation is 1. The minimum Gasteiger partial charge on any atom is -0.489 e. The number of aliphatic hydroxyl groups is 1. The molecule has 2 unspecified atom stereocenters. The summed E-state index contributed by atoms with van der Waals surface area (Å²) in [5.41, 5.74) is 12.4. The van der Waals surface area contributed by atoms with Gasteiger partial charge in [-0.15, -0.1) is 0 Å². The van der Waals surface area contributed by atoms with Gasteiger partial charge in [-0.3, -0.25) is 0 Å². The van der Waals surface area contributed by atoms with Gasteiger partial charge >= 0.3 is 0 Å². The molecule has 0 fully saturated rings. The van der Waals surface area contributed by atoms with Crippen LogP contribution in [0, 0.1) is 6.92 Å². The van der Waals surface area contributed by atoms with Crippen molar-refractivity contribution in [2.45, 2.75) is 38.6 Å². The summed E-state index contributed by atoms with van der Waals surface area (Å²) in [6.45, 7) is 3.23. The lowest BCUT2D eigenvalue weighted by Crippen LogP contribution is -2.43. The van der Waals surface area contributed by atoms with Gasteiger partial charge in [-0.25, -0.2) is 0 Å². The highest BCUT2D eigenvalue weighted by Gasteiger charge is 2.26. The largest absolute Gasteiger partial charge is 0.489 e. The number of nitrogens with two attached hydrogens (primary N) is 1. The molecule has 0 saturated heterocycles. The number of benzene rings is 3. The van der Waals surface area contributed by atoms with E-state index in [-0.39, 0.29) is 25.5 Å². The molecule has 4 N–H and O–H groups in total. The van der Waals surface area contributed by atoms with E-state index in [0.717, 1.165) is 51.5 Å². The van der Waals surface area contributed by atoms with Crippen molar-refractivity contribution in [1.29, 1.82) is 0 Å². The smallest absolute Gasteiger partial charge is 0.231 e. The summed E-state index contributed by atoms with van der Waals surface area (Å²) < 4.78 is 17.1. The zero-order valence-corrected chi connectivity index (χ0v) is 19.3. The van der Waals surface area contributed by atoms with Crippen LogP contribution in [0.3, 0.4) is 0 Å². The second-order valence-corrected chi connectivity index (χ2v) is 8.79. The van der Waals surface area contributed by atoms with E-state index >= 15 is 0 Å². The molecule has 2 aliphatic rings. The Morgan fingerprint density at radius 2 is 1.91 bits per heavy atom. The summed E-state index contributed by atoms with van der Waals surface area (Å²) in [4.78, 5) is 0. The third-order valence-electron chi connectivity index (χ3n) is 6.46. The molecule has 0 amide bonds. The second-order valence-electron chi connectivity index (χ2n) is 8.79. The molecular formula is C28H30N2O4. The van der Waals surface area contributed by atoms with Crippen LogP contribution in [0.2, 0.25) is 0 Å². The highest BCUT2D eigenvalue weighted by atomic mass is 16.7. The fourth-order valence-electron chi connectivity index (χ4n) is 4.56. The third kappa shape index (κ3) is 4.66. The monoisotopic (exact) mass is 458 g/mol. The molecule has 0 spiro atoms. The van der Waals surface area contributed by atoms with Gasteiger partial charge in [0, 0.05) is 18.2 Å². The summed E-state index contributed by atoms with van der Waals surface area (Å²) in [5.74, 6) is 2.27. The molecule has 2 aliphatic heterocycles. The summed E-state index contributed by atoms with van der Waals surface area (Å²) in [7, 11) is 0. The minimum absolute atomic E-state index is 0.0319. The van der Waals surface area contributed by atoms with Crippen molar-refractivity contribution in [2.75, 3.05) is 13.3 Å². The first-order valence-electron chi connectivity index (χ1n) is 11.6. The van der Waals surface area contributed by atoms with E-state index in [9.17, 15) is 5.11 Å². The van der Waals surface area contributed by atoms with E-state index in [1.165, 1.54) is 5.56 Å². The number of aliphatic hydroxyl groups excluding tert-OH is 1. The van der Waals surface area contributed by atoms with Gasteiger partial charge in [0.25, 0.3) is 0 Å². The Kier molecular flexibility index (Phi) is 6.54. The van der Waals surface area contributed by atoms with E-state index in [4.69, 9.17) is 19.9 Å². The summed E-state index contributed by atoms with van der Waals surface area (Å²) in [5, 5.41) is 13.7. The number of hydrogen-bond acceptors (Lipinski definition) is 6. The molecule has 3 aromatic carbocycles. The van der Waals surface area contributed by atoms with Crippen LogP contribution < -0.4 is 25.3 Å². The summed E-state index contributed by atoms with van der Waals surface area (Å²) in [6.07, 6.45) is 5.07. The number of nitrogens with one attached hydrogen (secondary N) is 1. The summed E-state index contributed by atoms with van der Waals surface area (Å²) >= 11 is 0. The Morgan fingerprint density at radius 1 is 1.12 bits per heavy atom. The maximum absolute atomic E-state index is 10.1. The van der Waals surface area contributed by atoms with Crippen molar-refractivity contribution < 1.29 is 19.3 Å². The van der Waals surface area contributed by atoms with Crippen LogP contribution in [0.4, 0.5) is 0 Å². The van der Waals surface area contributed by atoms with Crippen LogP contribution in [-0.4, -0.2) is 24.5 Å². The van der Waals surface area contributed by atoms with Crippen molar-refractivity contribution in [2.24, 2.45) is 5.73 Å². The molecule has 6 heteroatoms. The van der Waals surface area contributed by atoms with E-state index in [0.29, 0.717) is 13.2 Å². The maximum Gasteiger partial charge on any atom is 0.231 e. The van der Waals surface area contributed by atoms with Crippen LogP contribution in [0.5, 0.6) is 17.2 Å². The van der Waals surface area contributed by atoms with Crippen LogP contribution >= 0.6 is 0 Å². The van der Waals surface area contributed by atoms with Crippen LogP contribution in [0.15, 0.2) is 60.7 Å². The van der Waals surface area contributed by atoms with Crippen molar-refractivity contribution in [3.63, 3.8) is 0 Å². The minimum atomic E-state index is -0.0879. The topological polar surface area (TPSA) is 86.0 Å². The van der Waals surface area contributed by atoms with Gasteiger partial charge in [0.1, 0.15) is 12.4 Å². The molecule has 6 nitrogen and oxygen atoms in total. The highest BCUT2D eigenvalue weighted by molar-refractivity contribution is 5.61. The lowest BCUT2D eigenvalue weighted by atomic mass is 9.87. The lowest BCUT2D eigenvalue weighted by Gasteiger charge is -2.32. The van der Waals surface area contributed by atoms with Crippen molar-refractivity contribution in [3.8, 4) is 17.2 Å². The first-order chi connectivity index (χ1) is 16.6. The molecule has 2 heterocycles. The molecular weight excluding hydrogens is 428 g/mol. The van der Waals surface area contributed by atoms with Gasteiger partial charge < -0.3 is 30.4 Å². The molecule has 0 aliphatic carbocycles. The third-order valence-corrected chi connectivity index (χ3v) is 6.46. The van der Waals surface area contributed by atoms with Crippen LogP contribution in [-0.2, 0) is 19.6 Å². The van der Waals surface area contributed by atoms with E-state index in [2.05, 4.69) is 36.5 Å². The molecule has 5 rings (SSSR count). The molecule has 2 atom stereocenters. The Hall–Kier alpha value is -3.32. The first-order valence-corrected chi connectivity index (χ1v) is 11.6.